The number of carbonyl (C=O) groups is 1. The molecule has 0 saturated carbocycles. The van der Waals surface area contributed by atoms with Gasteiger partial charge in [-0.25, -0.2) is 19.1 Å². The number of hydrogen-bond acceptors (Lipinski definition) is 10. The van der Waals surface area contributed by atoms with Gasteiger partial charge >= 0.3 is 7.82 Å². The number of nitrogens with zero attached hydrogens (tertiary/aromatic N) is 3. The van der Waals surface area contributed by atoms with Crippen LogP contribution in [-0.2, 0) is 18.6 Å². The second-order valence-electron chi connectivity index (χ2n) is 10.5. The lowest BCUT2D eigenvalue weighted by Gasteiger charge is -2.26. The van der Waals surface area contributed by atoms with Crippen LogP contribution in [0.4, 0.5) is 23.0 Å². The van der Waals surface area contributed by atoms with E-state index in [1.807, 2.05) is 30.5 Å². The van der Waals surface area contributed by atoms with Gasteiger partial charge in [0.05, 0.1) is 24.6 Å². The van der Waals surface area contributed by atoms with Gasteiger partial charge in [0.25, 0.3) is 0 Å². The van der Waals surface area contributed by atoms with Crippen molar-refractivity contribution >= 4 is 36.7 Å². The first-order valence-corrected chi connectivity index (χ1v) is 16.4. The predicted molar refractivity (Wildman–Crippen MR) is 174 cm³/mol. The van der Waals surface area contributed by atoms with Crippen molar-refractivity contribution in [2.75, 3.05) is 62.1 Å². The van der Waals surface area contributed by atoms with Crippen LogP contribution in [0.3, 0.4) is 0 Å². The molecular formula is C31H41N6O7P. The molecule has 14 heteroatoms. The SMILES string of the molecule is C=CC(=O)Nc1cccc(-c2nc(Nc3ccc(OCOP(=O)(O)O)c(NCCCN4CCOCC4)c3)ncc2C(C)CC)c1. The fourth-order valence-electron chi connectivity index (χ4n) is 4.71. The van der Waals surface area contributed by atoms with Crippen molar-refractivity contribution in [2.24, 2.45) is 0 Å². The van der Waals surface area contributed by atoms with Crippen molar-refractivity contribution in [1.82, 2.24) is 14.9 Å². The zero-order valence-electron chi connectivity index (χ0n) is 25.6. The summed E-state index contributed by atoms with van der Waals surface area (Å²) in [4.78, 5) is 41.8. The molecule has 1 aliphatic rings. The summed E-state index contributed by atoms with van der Waals surface area (Å²) in [5, 5.41) is 9.43. The number of phosphoric ester groups is 1. The van der Waals surface area contributed by atoms with Gasteiger partial charge in [-0.15, -0.1) is 0 Å². The van der Waals surface area contributed by atoms with Crippen molar-refractivity contribution in [3.8, 4) is 17.0 Å². The standard InChI is InChI=1S/C31H41N6O7P/c1-4-22(3)26-20-33-31(36-30(26)23-8-6-9-24(18-23)34-29(38)5-2)35-25-10-11-28(43-21-44-45(39,40)41)27(19-25)32-12-7-13-37-14-16-42-17-15-37/h5-6,8-11,18-20,22,32H,2,4,7,12-17,21H2,1,3H3,(H,34,38)(H,33,35,36)(H2,39,40,41). The molecule has 2 aromatic carbocycles. The molecule has 4 rings (SSSR count). The number of morpholine rings is 1. The van der Waals surface area contributed by atoms with Crippen LogP contribution in [0.2, 0.25) is 0 Å². The fourth-order valence-corrected chi connectivity index (χ4v) is 4.90. The van der Waals surface area contributed by atoms with E-state index < -0.39 is 14.6 Å². The topological polar surface area (TPSA) is 167 Å². The van der Waals surface area contributed by atoms with Crippen molar-refractivity contribution in [2.45, 2.75) is 32.6 Å². The Bertz CT molecular complexity index is 1500. The summed E-state index contributed by atoms with van der Waals surface area (Å²) < 4.78 is 26.6. The Kier molecular flexibility index (Phi) is 12.5. The molecule has 1 aliphatic heterocycles. The van der Waals surface area contributed by atoms with E-state index in [9.17, 15) is 9.36 Å². The molecule has 0 bridgehead atoms. The number of rotatable bonds is 16. The molecule has 1 saturated heterocycles. The highest BCUT2D eigenvalue weighted by atomic mass is 31.2. The second kappa shape index (κ2) is 16.5. The summed E-state index contributed by atoms with van der Waals surface area (Å²) in [6.07, 6.45) is 4.80. The molecule has 1 aromatic heterocycles. The maximum Gasteiger partial charge on any atom is 0.472 e. The third-order valence-electron chi connectivity index (χ3n) is 7.29. The maximum absolute atomic E-state index is 11.9. The minimum absolute atomic E-state index is 0.195. The Morgan fingerprint density at radius 2 is 2.00 bits per heavy atom. The quantitative estimate of drug-likeness (QED) is 0.0609. The Hall–Kier alpha value is -3.84. The first-order valence-electron chi connectivity index (χ1n) is 14.8. The Morgan fingerprint density at radius 1 is 1.20 bits per heavy atom. The molecule has 13 nitrogen and oxygen atoms in total. The molecule has 1 fully saturated rings. The second-order valence-corrected chi connectivity index (χ2v) is 11.8. The van der Waals surface area contributed by atoms with E-state index in [1.54, 1.807) is 18.2 Å². The van der Waals surface area contributed by atoms with E-state index in [1.165, 1.54) is 6.08 Å². The highest BCUT2D eigenvalue weighted by Crippen LogP contribution is 2.37. The molecule has 0 radical (unpaired) electrons. The molecule has 3 aromatic rings. The number of phosphoric acid groups is 1. The van der Waals surface area contributed by atoms with Gasteiger partial charge in [0.15, 0.2) is 6.79 Å². The summed E-state index contributed by atoms with van der Waals surface area (Å²) in [6, 6.07) is 12.7. The Balaban J connectivity index is 1.55. The third-order valence-corrected chi connectivity index (χ3v) is 7.73. The lowest BCUT2D eigenvalue weighted by molar-refractivity contribution is -0.111. The fraction of sp³-hybridized carbons (Fsp3) is 0.387. The number of benzene rings is 2. The number of amides is 1. The van der Waals surface area contributed by atoms with Crippen molar-refractivity contribution < 1.29 is 33.1 Å². The van der Waals surface area contributed by atoms with E-state index in [0.29, 0.717) is 35.3 Å². The summed E-state index contributed by atoms with van der Waals surface area (Å²) in [7, 11) is -4.69. The van der Waals surface area contributed by atoms with Gasteiger partial charge in [0.2, 0.25) is 11.9 Å². The monoisotopic (exact) mass is 640 g/mol. The Labute approximate surface area is 263 Å². The third kappa shape index (κ3) is 10.6. The molecule has 1 atom stereocenters. The number of carbonyl (C=O) groups excluding carboxylic acids is 1. The van der Waals surface area contributed by atoms with Gasteiger partial charge in [-0.1, -0.05) is 32.6 Å². The van der Waals surface area contributed by atoms with Crippen LogP contribution < -0.4 is 20.7 Å². The van der Waals surface area contributed by atoms with Crippen LogP contribution in [-0.4, -0.2) is 76.7 Å². The molecule has 5 N–H and O–H groups in total. The van der Waals surface area contributed by atoms with Gasteiger partial charge in [0.1, 0.15) is 5.75 Å². The number of hydrogen-bond donors (Lipinski definition) is 5. The summed E-state index contributed by atoms with van der Waals surface area (Å²) >= 11 is 0. The minimum Gasteiger partial charge on any atom is -0.465 e. The first-order chi connectivity index (χ1) is 21.6. The van der Waals surface area contributed by atoms with E-state index in [2.05, 4.69) is 50.8 Å². The molecule has 1 amide bonds. The minimum atomic E-state index is -4.69. The molecule has 242 valence electrons. The number of nitrogens with one attached hydrogen (secondary N) is 3. The summed E-state index contributed by atoms with van der Waals surface area (Å²) in [5.41, 5.74) is 4.46. The predicted octanol–water partition coefficient (Wildman–Crippen LogP) is 5.11. The average Bonchev–Trinajstić information content (AvgIpc) is 3.03. The largest absolute Gasteiger partial charge is 0.472 e. The molecule has 1 unspecified atom stereocenters. The molecule has 0 spiro atoms. The van der Waals surface area contributed by atoms with Crippen LogP contribution >= 0.6 is 7.82 Å². The van der Waals surface area contributed by atoms with Crippen LogP contribution in [0.15, 0.2) is 61.3 Å². The highest BCUT2D eigenvalue weighted by molar-refractivity contribution is 7.46. The van der Waals surface area contributed by atoms with Crippen LogP contribution in [0, 0.1) is 0 Å². The van der Waals surface area contributed by atoms with Crippen LogP contribution in [0.25, 0.3) is 11.3 Å². The van der Waals surface area contributed by atoms with Gasteiger partial charge in [0, 0.05) is 42.8 Å². The maximum atomic E-state index is 11.9. The Morgan fingerprint density at radius 3 is 2.73 bits per heavy atom. The van der Waals surface area contributed by atoms with Gasteiger partial charge in [-0.2, -0.15) is 0 Å². The van der Waals surface area contributed by atoms with Crippen LogP contribution in [0.1, 0.15) is 38.2 Å². The zero-order valence-corrected chi connectivity index (χ0v) is 26.5. The van der Waals surface area contributed by atoms with Crippen molar-refractivity contribution in [3.63, 3.8) is 0 Å². The van der Waals surface area contributed by atoms with E-state index in [0.717, 1.165) is 62.5 Å². The normalized spacial score (nSPS) is 14.4. The lowest BCUT2D eigenvalue weighted by Crippen LogP contribution is -2.37. The molecule has 2 heterocycles. The van der Waals surface area contributed by atoms with Crippen molar-refractivity contribution in [1.29, 1.82) is 0 Å². The first kappa shape index (κ1) is 34.0. The summed E-state index contributed by atoms with van der Waals surface area (Å²) in [6.45, 7) is 11.9. The zero-order chi connectivity index (χ0) is 32.2. The average molecular weight is 641 g/mol. The molecule has 45 heavy (non-hydrogen) atoms. The number of anilines is 4. The highest BCUT2D eigenvalue weighted by Gasteiger charge is 2.17. The smallest absolute Gasteiger partial charge is 0.465 e. The van der Waals surface area contributed by atoms with Gasteiger partial charge in [-0.3, -0.25) is 9.69 Å². The van der Waals surface area contributed by atoms with Gasteiger partial charge < -0.3 is 35.2 Å². The van der Waals surface area contributed by atoms with Crippen LogP contribution in [0.5, 0.6) is 5.75 Å². The molecular weight excluding hydrogens is 599 g/mol. The van der Waals surface area contributed by atoms with Gasteiger partial charge in [-0.05, 0) is 67.3 Å². The van der Waals surface area contributed by atoms with E-state index in [4.69, 9.17) is 24.2 Å². The van der Waals surface area contributed by atoms with E-state index in [-0.39, 0.29) is 11.8 Å². The lowest BCUT2D eigenvalue weighted by atomic mass is 9.95. The molecule has 0 aliphatic carbocycles. The summed E-state index contributed by atoms with van der Waals surface area (Å²) in [5.74, 6) is 0.632. The van der Waals surface area contributed by atoms with Crippen molar-refractivity contribution in [3.05, 3.63) is 66.9 Å². The number of aromatic nitrogens is 2. The van der Waals surface area contributed by atoms with E-state index >= 15 is 0 Å². The number of ether oxygens (including phenoxy) is 2.